The number of hydrogen-bond donors (Lipinski definition) is 3. The molecule has 1 aromatic carbocycles. The molecule has 1 aliphatic heterocycles. The summed E-state index contributed by atoms with van der Waals surface area (Å²) in [4.78, 5) is 11.4. The first kappa shape index (κ1) is 13.7. The number of ether oxygens (including phenoxy) is 1. The third-order valence-electron chi connectivity index (χ3n) is 3.65. The Kier molecular flexibility index (Phi) is 4.27. The monoisotopic (exact) mass is 263 g/mol. The topological polar surface area (TPSA) is 90.4 Å². The number of para-hydroxylation sites is 1. The van der Waals surface area contributed by atoms with Crippen LogP contribution in [0.2, 0.25) is 0 Å². The van der Waals surface area contributed by atoms with Crippen molar-refractivity contribution in [3.8, 4) is 0 Å². The second kappa shape index (κ2) is 5.93. The van der Waals surface area contributed by atoms with Crippen LogP contribution in [0.4, 0.5) is 11.4 Å². The zero-order valence-electron chi connectivity index (χ0n) is 11.2. The maximum atomic E-state index is 11.4. The molecular weight excluding hydrogens is 242 g/mol. The van der Waals surface area contributed by atoms with Gasteiger partial charge < -0.3 is 21.5 Å². The summed E-state index contributed by atoms with van der Waals surface area (Å²) in [5.74, 6) is -0.0187. The van der Waals surface area contributed by atoms with Crippen LogP contribution in [0.25, 0.3) is 0 Å². The number of rotatable bonds is 5. The fourth-order valence-corrected chi connectivity index (χ4v) is 2.58. The molecule has 0 spiro atoms. The molecule has 1 aliphatic rings. The van der Waals surface area contributed by atoms with E-state index in [-0.39, 0.29) is 6.10 Å². The van der Waals surface area contributed by atoms with Crippen molar-refractivity contribution in [3.05, 3.63) is 23.8 Å². The van der Waals surface area contributed by atoms with Gasteiger partial charge in [0.25, 0.3) is 5.91 Å². The lowest BCUT2D eigenvalue weighted by molar-refractivity contribution is 0.0900. The first-order valence-corrected chi connectivity index (χ1v) is 6.67. The summed E-state index contributed by atoms with van der Waals surface area (Å²) in [5.41, 5.74) is 12.9. The number of nitrogens with two attached hydrogens (primary N) is 2. The molecule has 104 valence electrons. The molecule has 19 heavy (non-hydrogen) atoms. The summed E-state index contributed by atoms with van der Waals surface area (Å²) >= 11 is 0. The van der Waals surface area contributed by atoms with Crippen LogP contribution in [-0.4, -0.2) is 25.2 Å². The Labute approximate surface area is 113 Å². The van der Waals surface area contributed by atoms with Crippen LogP contribution in [-0.2, 0) is 4.74 Å². The Hall–Kier alpha value is -1.75. The van der Waals surface area contributed by atoms with E-state index < -0.39 is 5.91 Å². The fraction of sp³-hybridized carbons (Fsp3) is 0.500. The van der Waals surface area contributed by atoms with Gasteiger partial charge in [0.15, 0.2) is 0 Å². The molecule has 1 aromatic rings. The number of nitrogens with one attached hydrogen (secondary N) is 1. The van der Waals surface area contributed by atoms with E-state index in [0.29, 0.717) is 22.9 Å². The average Bonchev–Trinajstić information content (AvgIpc) is 2.84. The average molecular weight is 263 g/mol. The summed E-state index contributed by atoms with van der Waals surface area (Å²) in [6.45, 7) is 3.67. The first-order valence-electron chi connectivity index (χ1n) is 6.67. The number of nitrogen functional groups attached to an aromatic ring is 1. The fourth-order valence-electron chi connectivity index (χ4n) is 2.58. The molecule has 0 bridgehead atoms. The molecule has 1 amide bonds. The molecule has 2 rings (SSSR count). The number of primary amides is 1. The number of carbonyl (C=O) groups excluding carboxylic acids is 1. The van der Waals surface area contributed by atoms with Crippen molar-refractivity contribution >= 4 is 17.3 Å². The number of anilines is 2. The number of benzene rings is 1. The van der Waals surface area contributed by atoms with E-state index in [9.17, 15) is 4.79 Å². The van der Waals surface area contributed by atoms with Gasteiger partial charge in [0.2, 0.25) is 0 Å². The Balaban J connectivity index is 2.09. The van der Waals surface area contributed by atoms with Crippen LogP contribution in [0.15, 0.2) is 18.2 Å². The molecule has 0 aliphatic carbocycles. The standard InChI is InChI=1S/C14H21N3O2/c1-2-12-9(6-7-19-12)8-17-13-10(14(16)18)4-3-5-11(13)15/h3-5,9,12,17H,2,6-8,15H2,1H3,(H2,16,18). The van der Waals surface area contributed by atoms with Crippen molar-refractivity contribution in [1.82, 2.24) is 0 Å². The Morgan fingerprint density at radius 2 is 2.32 bits per heavy atom. The second-order valence-electron chi connectivity index (χ2n) is 4.88. The van der Waals surface area contributed by atoms with Crippen LogP contribution >= 0.6 is 0 Å². The van der Waals surface area contributed by atoms with Gasteiger partial charge in [-0.05, 0) is 25.0 Å². The molecule has 1 saturated heterocycles. The van der Waals surface area contributed by atoms with Crippen molar-refractivity contribution in [1.29, 1.82) is 0 Å². The van der Waals surface area contributed by atoms with Gasteiger partial charge >= 0.3 is 0 Å². The van der Waals surface area contributed by atoms with Crippen LogP contribution in [0.5, 0.6) is 0 Å². The third kappa shape index (κ3) is 2.98. The second-order valence-corrected chi connectivity index (χ2v) is 4.88. The normalized spacial score (nSPS) is 22.4. The first-order chi connectivity index (χ1) is 9.13. The van der Waals surface area contributed by atoms with E-state index in [1.54, 1.807) is 18.2 Å². The minimum atomic E-state index is -0.468. The molecule has 0 aromatic heterocycles. The van der Waals surface area contributed by atoms with E-state index in [1.165, 1.54) is 0 Å². The van der Waals surface area contributed by atoms with Crippen molar-refractivity contribution < 1.29 is 9.53 Å². The van der Waals surface area contributed by atoms with Crippen molar-refractivity contribution in [2.45, 2.75) is 25.9 Å². The highest BCUT2D eigenvalue weighted by molar-refractivity contribution is 6.01. The number of hydrogen-bond acceptors (Lipinski definition) is 4. The molecule has 0 saturated carbocycles. The van der Waals surface area contributed by atoms with Crippen LogP contribution < -0.4 is 16.8 Å². The molecule has 5 heteroatoms. The summed E-state index contributed by atoms with van der Waals surface area (Å²) in [5, 5.41) is 3.26. The summed E-state index contributed by atoms with van der Waals surface area (Å²) in [6.07, 6.45) is 2.32. The SMILES string of the molecule is CCC1OCCC1CNc1c(N)cccc1C(N)=O. The predicted octanol–water partition coefficient (Wildman–Crippen LogP) is 1.59. The van der Waals surface area contributed by atoms with Crippen LogP contribution in [0, 0.1) is 5.92 Å². The van der Waals surface area contributed by atoms with Gasteiger partial charge in [-0.15, -0.1) is 0 Å². The molecule has 0 radical (unpaired) electrons. The van der Waals surface area contributed by atoms with Gasteiger partial charge in [0.1, 0.15) is 0 Å². The summed E-state index contributed by atoms with van der Waals surface area (Å²) in [6, 6.07) is 5.18. The summed E-state index contributed by atoms with van der Waals surface area (Å²) < 4.78 is 5.65. The molecule has 5 nitrogen and oxygen atoms in total. The van der Waals surface area contributed by atoms with E-state index in [0.717, 1.165) is 26.0 Å². The minimum absolute atomic E-state index is 0.287. The van der Waals surface area contributed by atoms with E-state index in [2.05, 4.69) is 12.2 Å². The summed E-state index contributed by atoms with van der Waals surface area (Å²) in [7, 11) is 0. The largest absolute Gasteiger partial charge is 0.397 e. The predicted molar refractivity (Wildman–Crippen MR) is 76.0 cm³/mol. The molecule has 2 unspecified atom stereocenters. The maximum Gasteiger partial charge on any atom is 0.250 e. The highest BCUT2D eigenvalue weighted by Gasteiger charge is 2.26. The third-order valence-corrected chi connectivity index (χ3v) is 3.65. The van der Waals surface area contributed by atoms with Crippen LogP contribution in [0.1, 0.15) is 30.1 Å². The van der Waals surface area contributed by atoms with Crippen molar-refractivity contribution in [2.24, 2.45) is 11.7 Å². The highest BCUT2D eigenvalue weighted by atomic mass is 16.5. The van der Waals surface area contributed by atoms with E-state index in [1.807, 2.05) is 0 Å². The van der Waals surface area contributed by atoms with E-state index >= 15 is 0 Å². The van der Waals surface area contributed by atoms with Crippen LogP contribution in [0.3, 0.4) is 0 Å². The molecule has 2 atom stereocenters. The minimum Gasteiger partial charge on any atom is -0.397 e. The van der Waals surface area contributed by atoms with Crippen molar-refractivity contribution in [2.75, 3.05) is 24.2 Å². The number of amides is 1. The quantitative estimate of drug-likeness (QED) is 0.704. The lowest BCUT2D eigenvalue weighted by Crippen LogP contribution is -2.24. The Morgan fingerprint density at radius 3 is 3.00 bits per heavy atom. The van der Waals surface area contributed by atoms with Gasteiger partial charge in [0.05, 0.1) is 23.0 Å². The zero-order valence-corrected chi connectivity index (χ0v) is 11.2. The smallest absolute Gasteiger partial charge is 0.250 e. The maximum absolute atomic E-state index is 11.4. The lowest BCUT2D eigenvalue weighted by atomic mass is 9.99. The van der Waals surface area contributed by atoms with Gasteiger partial charge in [-0.25, -0.2) is 0 Å². The highest BCUT2D eigenvalue weighted by Crippen LogP contribution is 2.27. The van der Waals surface area contributed by atoms with Gasteiger partial charge in [-0.2, -0.15) is 0 Å². The zero-order chi connectivity index (χ0) is 13.8. The molecular formula is C14H21N3O2. The molecule has 1 fully saturated rings. The molecule has 1 heterocycles. The van der Waals surface area contributed by atoms with Crippen molar-refractivity contribution in [3.63, 3.8) is 0 Å². The lowest BCUT2D eigenvalue weighted by Gasteiger charge is -2.19. The van der Waals surface area contributed by atoms with Gasteiger partial charge in [0, 0.05) is 19.1 Å². The molecule has 5 N–H and O–H groups in total. The Morgan fingerprint density at radius 1 is 1.53 bits per heavy atom. The van der Waals surface area contributed by atoms with E-state index in [4.69, 9.17) is 16.2 Å². The van der Waals surface area contributed by atoms with Gasteiger partial charge in [-0.3, -0.25) is 4.79 Å². The van der Waals surface area contributed by atoms with Gasteiger partial charge in [-0.1, -0.05) is 13.0 Å². The Bertz CT molecular complexity index is 462. The number of carbonyl (C=O) groups is 1.